The molecule has 1 aliphatic heterocycles. The predicted octanol–water partition coefficient (Wildman–Crippen LogP) is 4.59. The zero-order chi connectivity index (χ0) is 20.0. The van der Waals surface area contributed by atoms with E-state index in [0.29, 0.717) is 18.4 Å². The summed E-state index contributed by atoms with van der Waals surface area (Å²) in [5, 5.41) is 2.47. The molecule has 1 saturated heterocycles. The Balaban J connectivity index is 1.77. The fourth-order valence-corrected chi connectivity index (χ4v) is 4.60. The van der Waals surface area contributed by atoms with E-state index in [-0.39, 0.29) is 0 Å². The molecule has 2 aromatic heterocycles. The summed E-state index contributed by atoms with van der Waals surface area (Å²) >= 11 is 0. The number of hydrogen-bond acceptors (Lipinski definition) is 4. The van der Waals surface area contributed by atoms with Crippen molar-refractivity contribution < 1.29 is 9.21 Å². The Morgan fingerprint density at radius 1 is 1.24 bits per heavy atom. The molecule has 1 unspecified atom stereocenters. The molecule has 0 bridgehead atoms. The van der Waals surface area contributed by atoms with Gasteiger partial charge in [0.1, 0.15) is 12.5 Å². The SMILES string of the molecule is Cc1ccc2c(c1CCC=O)c1cc(-c3ncco3)ccc1n2CC1CCN1C. The summed E-state index contributed by atoms with van der Waals surface area (Å²) < 4.78 is 7.99. The Labute approximate surface area is 169 Å². The van der Waals surface area contributed by atoms with Gasteiger partial charge in [0.25, 0.3) is 0 Å². The Morgan fingerprint density at radius 2 is 2.10 bits per heavy atom. The lowest BCUT2D eigenvalue weighted by molar-refractivity contribution is -0.107. The van der Waals surface area contributed by atoms with Gasteiger partial charge in [-0.05, 0) is 68.8 Å². The first kappa shape index (κ1) is 18.1. The van der Waals surface area contributed by atoms with Crippen LogP contribution >= 0.6 is 0 Å². The molecule has 0 saturated carbocycles. The summed E-state index contributed by atoms with van der Waals surface area (Å²) in [6, 6.07) is 11.5. The van der Waals surface area contributed by atoms with Crippen molar-refractivity contribution >= 4 is 28.1 Å². The van der Waals surface area contributed by atoms with Gasteiger partial charge in [0.15, 0.2) is 0 Å². The summed E-state index contributed by atoms with van der Waals surface area (Å²) in [5.74, 6) is 0.633. The van der Waals surface area contributed by atoms with Crippen LogP contribution in [0.2, 0.25) is 0 Å². The van der Waals surface area contributed by atoms with Crippen LogP contribution in [0.15, 0.2) is 47.2 Å². The lowest BCUT2D eigenvalue weighted by Gasteiger charge is -2.38. The maximum atomic E-state index is 11.1. The van der Waals surface area contributed by atoms with Crippen molar-refractivity contribution in [1.29, 1.82) is 0 Å². The third-order valence-corrected chi connectivity index (χ3v) is 6.40. The maximum absolute atomic E-state index is 11.1. The fraction of sp³-hybridized carbons (Fsp3) is 0.333. The van der Waals surface area contributed by atoms with E-state index in [1.807, 2.05) is 0 Å². The molecule has 5 heteroatoms. The number of carbonyl (C=O) groups is 1. The molecule has 3 heterocycles. The highest BCUT2D eigenvalue weighted by Gasteiger charge is 2.26. The Kier molecular flexibility index (Phi) is 4.47. The minimum Gasteiger partial charge on any atom is -0.445 e. The third-order valence-electron chi connectivity index (χ3n) is 6.40. The van der Waals surface area contributed by atoms with Crippen LogP contribution in [-0.2, 0) is 17.8 Å². The van der Waals surface area contributed by atoms with Gasteiger partial charge < -0.3 is 18.7 Å². The molecule has 0 radical (unpaired) electrons. The number of aryl methyl sites for hydroxylation is 2. The minimum atomic E-state index is 0.539. The van der Waals surface area contributed by atoms with Gasteiger partial charge in [0.05, 0.1) is 6.20 Å². The second-order valence-electron chi connectivity index (χ2n) is 8.06. The van der Waals surface area contributed by atoms with Gasteiger partial charge >= 0.3 is 0 Å². The molecule has 0 aliphatic carbocycles. The summed E-state index contributed by atoms with van der Waals surface area (Å²) in [6.07, 6.45) is 6.83. The van der Waals surface area contributed by atoms with Gasteiger partial charge in [-0.25, -0.2) is 4.98 Å². The molecule has 1 aliphatic rings. The van der Waals surface area contributed by atoms with Crippen LogP contribution in [-0.4, -0.2) is 40.4 Å². The highest BCUT2D eigenvalue weighted by molar-refractivity contribution is 6.11. The Morgan fingerprint density at radius 3 is 2.79 bits per heavy atom. The molecular formula is C24H25N3O2. The van der Waals surface area contributed by atoms with Crippen LogP contribution in [0.1, 0.15) is 24.0 Å². The van der Waals surface area contributed by atoms with Crippen LogP contribution in [0, 0.1) is 6.92 Å². The fourth-order valence-electron chi connectivity index (χ4n) is 4.60. The van der Waals surface area contributed by atoms with Crippen LogP contribution in [0.4, 0.5) is 0 Å². The topological polar surface area (TPSA) is 51.3 Å². The second kappa shape index (κ2) is 7.16. The summed E-state index contributed by atoms with van der Waals surface area (Å²) in [7, 11) is 2.20. The van der Waals surface area contributed by atoms with Crippen molar-refractivity contribution in [3.8, 4) is 11.5 Å². The van der Waals surface area contributed by atoms with Crippen molar-refractivity contribution in [2.45, 2.75) is 38.8 Å². The largest absolute Gasteiger partial charge is 0.445 e. The zero-order valence-electron chi connectivity index (χ0n) is 16.9. The van der Waals surface area contributed by atoms with Crippen molar-refractivity contribution in [2.75, 3.05) is 13.6 Å². The Bertz CT molecular complexity index is 1190. The van der Waals surface area contributed by atoms with E-state index < -0.39 is 0 Å². The van der Waals surface area contributed by atoms with Gasteiger partial charge in [-0.3, -0.25) is 0 Å². The van der Waals surface area contributed by atoms with E-state index in [2.05, 4.69) is 58.8 Å². The minimum absolute atomic E-state index is 0.539. The summed E-state index contributed by atoms with van der Waals surface area (Å²) in [6.45, 7) is 4.28. The number of likely N-dealkylation sites (N-methyl/N-ethyl adjacent to an activating group) is 1. The number of fused-ring (bicyclic) bond motifs is 3. The van der Waals surface area contributed by atoms with Gasteiger partial charge in [0, 0.05) is 46.4 Å². The number of oxazole rings is 1. The molecule has 1 fully saturated rings. The number of nitrogens with zero attached hydrogens (tertiary/aromatic N) is 3. The lowest BCUT2D eigenvalue weighted by Crippen LogP contribution is -2.46. The van der Waals surface area contributed by atoms with Crippen molar-refractivity contribution in [3.05, 3.63) is 53.9 Å². The number of likely N-dealkylation sites (tertiary alicyclic amines) is 1. The molecular weight excluding hydrogens is 362 g/mol. The average Bonchev–Trinajstić information content (AvgIpc) is 3.36. The van der Waals surface area contributed by atoms with Gasteiger partial charge in [-0.15, -0.1) is 0 Å². The number of aldehydes is 1. The first-order chi connectivity index (χ1) is 14.2. The number of carbonyl (C=O) groups excluding carboxylic acids is 1. The number of aromatic nitrogens is 2. The van der Waals surface area contributed by atoms with Crippen LogP contribution in [0.3, 0.4) is 0 Å². The van der Waals surface area contributed by atoms with Crippen molar-refractivity contribution in [2.24, 2.45) is 0 Å². The van der Waals surface area contributed by atoms with Gasteiger partial charge in [-0.1, -0.05) is 6.07 Å². The summed E-state index contributed by atoms with van der Waals surface area (Å²) in [4.78, 5) is 17.8. The quantitative estimate of drug-likeness (QED) is 0.454. The maximum Gasteiger partial charge on any atom is 0.225 e. The second-order valence-corrected chi connectivity index (χ2v) is 8.06. The van der Waals surface area contributed by atoms with E-state index in [4.69, 9.17) is 4.42 Å². The molecule has 0 amide bonds. The van der Waals surface area contributed by atoms with Crippen LogP contribution in [0.25, 0.3) is 33.3 Å². The predicted molar refractivity (Wildman–Crippen MR) is 115 cm³/mol. The smallest absolute Gasteiger partial charge is 0.225 e. The summed E-state index contributed by atoms with van der Waals surface area (Å²) in [5.41, 5.74) is 5.96. The third kappa shape index (κ3) is 2.97. The lowest BCUT2D eigenvalue weighted by atomic mass is 9.97. The van der Waals surface area contributed by atoms with E-state index in [0.717, 1.165) is 24.8 Å². The standard InChI is InChI=1S/C24H25N3O2/c1-16-5-7-22-23(19(16)4-3-12-28)20-14-17(24-25-10-13-29-24)6-8-21(20)27(22)15-18-9-11-26(18)2/h5-8,10,12-14,18H,3-4,9,11,15H2,1-2H3. The van der Waals surface area contributed by atoms with E-state index in [1.54, 1.807) is 12.5 Å². The number of rotatable bonds is 6. The molecule has 5 nitrogen and oxygen atoms in total. The van der Waals surface area contributed by atoms with E-state index in [9.17, 15) is 4.79 Å². The molecule has 0 N–H and O–H groups in total. The molecule has 1 atom stereocenters. The van der Waals surface area contributed by atoms with Crippen molar-refractivity contribution in [1.82, 2.24) is 14.5 Å². The number of hydrogen-bond donors (Lipinski definition) is 0. The Hall–Kier alpha value is -2.92. The molecule has 0 spiro atoms. The molecule has 4 aromatic rings. The van der Waals surface area contributed by atoms with Crippen molar-refractivity contribution in [3.63, 3.8) is 0 Å². The monoisotopic (exact) mass is 387 g/mol. The molecule has 5 rings (SSSR count). The molecule has 148 valence electrons. The molecule has 29 heavy (non-hydrogen) atoms. The van der Waals surface area contributed by atoms with E-state index >= 15 is 0 Å². The van der Waals surface area contributed by atoms with Gasteiger partial charge in [0.2, 0.25) is 5.89 Å². The zero-order valence-corrected chi connectivity index (χ0v) is 16.9. The average molecular weight is 387 g/mol. The normalized spacial score (nSPS) is 17.1. The highest BCUT2D eigenvalue weighted by Crippen LogP contribution is 2.37. The van der Waals surface area contributed by atoms with Gasteiger partial charge in [-0.2, -0.15) is 0 Å². The number of benzene rings is 2. The van der Waals surface area contributed by atoms with Crippen LogP contribution < -0.4 is 0 Å². The first-order valence-electron chi connectivity index (χ1n) is 10.3. The molecule has 2 aromatic carbocycles. The van der Waals surface area contributed by atoms with Crippen LogP contribution in [0.5, 0.6) is 0 Å². The van der Waals surface area contributed by atoms with E-state index in [1.165, 1.54) is 45.9 Å². The highest BCUT2D eigenvalue weighted by atomic mass is 16.3. The first-order valence-corrected chi connectivity index (χ1v) is 10.3.